The Labute approximate surface area is 206 Å². The number of piperidine rings is 1. The van der Waals surface area contributed by atoms with Gasteiger partial charge in [0, 0.05) is 31.4 Å². The number of fused-ring (bicyclic) bond motifs is 2. The molecule has 5 heteroatoms. The second-order valence-electron chi connectivity index (χ2n) is 13.2. The molecule has 34 heavy (non-hydrogen) atoms. The van der Waals surface area contributed by atoms with Crippen molar-refractivity contribution in [3.05, 3.63) is 0 Å². The highest BCUT2D eigenvalue weighted by Crippen LogP contribution is 2.66. The summed E-state index contributed by atoms with van der Waals surface area (Å²) in [4.78, 5) is 15.6. The predicted molar refractivity (Wildman–Crippen MR) is 131 cm³/mol. The molecule has 1 aliphatic heterocycles. The third kappa shape index (κ3) is 3.58. The van der Waals surface area contributed by atoms with E-state index in [0.717, 1.165) is 57.1 Å². The second kappa shape index (κ2) is 9.11. The fourth-order valence-electron chi connectivity index (χ4n) is 10.3. The Hall–Kier alpha value is -0.490. The molecule has 5 saturated carbocycles. The Morgan fingerprint density at radius 2 is 1.79 bits per heavy atom. The quantitative estimate of drug-likeness (QED) is 0.647. The maximum absolute atomic E-state index is 13.1. The van der Waals surface area contributed by atoms with Crippen LogP contribution >= 0.6 is 0 Å². The molecular weight excluding hydrogens is 426 g/mol. The number of rotatable bonds is 4. The van der Waals surface area contributed by atoms with Crippen molar-refractivity contribution in [2.45, 2.75) is 114 Å². The summed E-state index contributed by atoms with van der Waals surface area (Å²) in [5.74, 6) is 3.51. The maximum atomic E-state index is 13.1. The molecule has 6 fully saturated rings. The van der Waals surface area contributed by atoms with E-state index in [-0.39, 0.29) is 23.0 Å². The minimum absolute atomic E-state index is 0.108. The lowest BCUT2D eigenvalue weighted by Crippen LogP contribution is -2.77. The van der Waals surface area contributed by atoms with Crippen LogP contribution in [-0.4, -0.2) is 66.9 Å². The molecule has 0 radical (unpaired) electrons. The van der Waals surface area contributed by atoms with E-state index in [4.69, 9.17) is 9.47 Å². The van der Waals surface area contributed by atoms with Gasteiger partial charge in [0.1, 0.15) is 5.78 Å². The summed E-state index contributed by atoms with van der Waals surface area (Å²) < 4.78 is 13.1. The summed E-state index contributed by atoms with van der Waals surface area (Å²) in [5, 5.41) is 11.6. The van der Waals surface area contributed by atoms with Crippen molar-refractivity contribution in [2.75, 3.05) is 27.3 Å². The average Bonchev–Trinajstić information content (AvgIpc) is 2.85. The highest BCUT2D eigenvalue weighted by molar-refractivity contribution is 5.81. The van der Waals surface area contributed by atoms with Crippen molar-refractivity contribution in [3.8, 4) is 0 Å². The van der Waals surface area contributed by atoms with Gasteiger partial charge in [-0.2, -0.15) is 0 Å². The minimum atomic E-state index is -0.486. The number of aliphatic hydroxyl groups is 1. The molecule has 0 aromatic carbocycles. The second-order valence-corrected chi connectivity index (χ2v) is 13.2. The summed E-state index contributed by atoms with van der Waals surface area (Å²) in [6, 6.07) is 0.368. The van der Waals surface area contributed by atoms with Gasteiger partial charge < -0.3 is 19.5 Å². The first kappa shape index (κ1) is 23.9. The van der Waals surface area contributed by atoms with Gasteiger partial charge in [0.25, 0.3) is 0 Å². The van der Waals surface area contributed by atoms with Crippen molar-refractivity contribution < 1.29 is 19.4 Å². The van der Waals surface area contributed by atoms with Gasteiger partial charge >= 0.3 is 0 Å². The topological polar surface area (TPSA) is 59.0 Å². The van der Waals surface area contributed by atoms with Crippen molar-refractivity contribution >= 4 is 5.78 Å². The number of aliphatic hydroxyl groups excluding tert-OH is 1. The molecule has 2 bridgehead atoms. The lowest BCUT2D eigenvalue weighted by atomic mass is 9.42. The highest BCUT2D eigenvalue weighted by atomic mass is 16.5. The van der Waals surface area contributed by atoms with Crippen molar-refractivity contribution in [2.24, 2.45) is 35.0 Å². The van der Waals surface area contributed by atoms with Crippen LogP contribution in [0.25, 0.3) is 0 Å². The van der Waals surface area contributed by atoms with E-state index in [0.29, 0.717) is 36.5 Å². The first-order chi connectivity index (χ1) is 16.5. The van der Waals surface area contributed by atoms with Crippen LogP contribution in [0.2, 0.25) is 0 Å². The fourth-order valence-corrected chi connectivity index (χ4v) is 10.3. The molecule has 1 heterocycles. The number of ether oxygens (including phenoxy) is 2. The third-order valence-corrected chi connectivity index (χ3v) is 11.9. The summed E-state index contributed by atoms with van der Waals surface area (Å²) in [6.07, 6.45) is 15.3. The van der Waals surface area contributed by atoms with E-state index in [1.54, 1.807) is 7.11 Å². The van der Waals surface area contributed by atoms with Crippen molar-refractivity contribution in [3.63, 3.8) is 0 Å². The number of carbonyl (C=O) groups excluding carboxylic acids is 1. The maximum Gasteiger partial charge on any atom is 0.133 e. The zero-order valence-electron chi connectivity index (χ0n) is 21.6. The minimum Gasteiger partial charge on any atom is -0.390 e. The predicted octanol–water partition coefficient (Wildman–Crippen LogP) is 4.60. The smallest absolute Gasteiger partial charge is 0.133 e. The van der Waals surface area contributed by atoms with E-state index < -0.39 is 6.10 Å². The molecule has 1 N–H and O–H groups in total. The number of methoxy groups -OCH3 is 1. The first-order valence-electron chi connectivity index (χ1n) is 14.5. The Balaban J connectivity index is 1.30. The van der Waals surface area contributed by atoms with Crippen LogP contribution < -0.4 is 0 Å². The van der Waals surface area contributed by atoms with Crippen LogP contribution in [0.4, 0.5) is 0 Å². The Bertz CT molecular complexity index is 773. The zero-order chi connectivity index (χ0) is 23.5. The standard InChI is InChI=1S/C29H47NO4/c1-30-14-13-28-17-23(31)11-12-29(28,25(30)16-22-9-10-24(33-2)27(32)26(22)28)34-18-19-7-8-20-5-3-4-6-21(20)15-19/h19-22,24-27,32H,3-18H2,1-2H3/t19?,20?,21?,22?,24?,25?,26?,27?,28-,29-/m1/s1. The van der Waals surface area contributed by atoms with E-state index in [1.807, 2.05) is 0 Å². The monoisotopic (exact) mass is 473 g/mol. The average molecular weight is 474 g/mol. The lowest BCUT2D eigenvalue weighted by Gasteiger charge is -2.70. The SMILES string of the molecule is COC1CCC2CC3N(C)CC[C@@]4(CC(=O)CC[C@@]34OCC3CCC4CCCCC4C3)C2C1O. The summed E-state index contributed by atoms with van der Waals surface area (Å²) in [7, 11) is 4.02. The molecule has 0 aromatic rings. The van der Waals surface area contributed by atoms with Crippen LogP contribution in [0.1, 0.15) is 89.9 Å². The number of hydrogen-bond acceptors (Lipinski definition) is 5. The number of Topliss-reactive ketones (excluding diaryl/α,β-unsaturated/α-hetero) is 1. The first-order valence-corrected chi connectivity index (χ1v) is 14.5. The van der Waals surface area contributed by atoms with Gasteiger partial charge in [0.15, 0.2) is 0 Å². The normalized spacial score (nSPS) is 51.3. The van der Waals surface area contributed by atoms with Crippen LogP contribution in [0.5, 0.6) is 0 Å². The molecule has 10 atom stereocenters. The van der Waals surface area contributed by atoms with Crippen molar-refractivity contribution in [1.29, 1.82) is 0 Å². The van der Waals surface area contributed by atoms with Gasteiger partial charge in [-0.15, -0.1) is 0 Å². The van der Waals surface area contributed by atoms with E-state index >= 15 is 0 Å². The number of likely N-dealkylation sites (tertiary alicyclic amines) is 1. The van der Waals surface area contributed by atoms with E-state index in [9.17, 15) is 9.90 Å². The number of nitrogens with zero attached hydrogens (tertiary/aromatic N) is 1. The van der Waals surface area contributed by atoms with Gasteiger partial charge in [0.05, 0.1) is 24.4 Å². The molecule has 192 valence electrons. The Kier molecular flexibility index (Phi) is 6.40. The summed E-state index contributed by atoms with van der Waals surface area (Å²) in [6.45, 7) is 1.86. The highest BCUT2D eigenvalue weighted by Gasteiger charge is 2.71. The van der Waals surface area contributed by atoms with Gasteiger partial charge in [-0.3, -0.25) is 4.79 Å². The van der Waals surface area contributed by atoms with Crippen LogP contribution in [0.3, 0.4) is 0 Å². The van der Waals surface area contributed by atoms with E-state index in [1.165, 1.54) is 44.9 Å². The summed E-state index contributed by atoms with van der Waals surface area (Å²) in [5.41, 5.74) is -0.532. The summed E-state index contributed by atoms with van der Waals surface area (Å²) >= 11 is 0. The molecule has 6 rings (SSSR count). The lowest BCUT2D eigenvalue weighted by molar-refractivity contribution is -0.295. The van der Waals surface area contributed by atoms with Crippen molar-refractivity contribution in [1.82, 2.24) is 4.90 Å². The van der Waals surface area contributed by atoms with E-state index in [2.05, 4.69) is 11.9 Å². The number of likely N-dealkylation sites (N-methyl/N-ethyl adjacent to an activating group) is 1. The molecular formula is C29H47NO4. The zero-order valence-corrected chi connectivity index (χ0v) is 21.6. The molecule has 8 unspecified atom stereocenters. The van der Waals surface area contributed by atoms with Crippen LogP contribution in [0.15, 0.2) is 0 Å². The molecule has 5 nitrogen and oxygen atoms in total. The van der Waals surface area contributed by atoms with Gasteiger partial charge in [-0.1, -0.05) is 25.7 Å². The number of carbonyl (C=O) groups is 1. The van der Waals surface area contributed by atoms with Crippen LogP contribution in [0, 0.1) is 35.0 Å². The molecule has 0 aromatic heterocycles. The van der Waals surface area contributed by atoms with Crippen LogP contribution in [-0.2, 0) is 14.3 Å². The van der Waals surface area contributed by atoms with Gasteiger partial charge in [-0.05, 0) is 94.5 Å². The fraction of sp³-hybridized carbons (Fsp3) is 0.966. The number of ketones is 1. The molecule has 5 aliphatic carbocycles. The van der Waals surface area contributed by atoms with Gasteiger partial charge in [0.2, 0.25) is 0 Å². The number of hydrogen-bond donors (Lipinski definition) is 1. The largest absolute Gasteiger partial charge is 0.390 e. The van der Waals surface area contributed by atoms with Gasteiger partial charge in [-0.25, -0.2) is 0 Å². The molecule has 6 aliphatic rings. The third-order valence-electron chi connectivity index (χ3n) is 11.9. The Morgan fingerprint density at radius 3 is 2.62 bits per heavy atom. The molecule has 0 amide bonds. The Morgan fingerprint density at radius 1 is 1.00 bits per heavy atom. The molecule has 0 spiro atoms. The molecule has 1 saturated heterocycles.